The summed E-state index contributed by atoms with van der Waals surface area (Å²) in [6.45, 7) is 5.54. The van der Waals surface area contributed by atoms with E-state index >= 15 is 0 Å². The molecule has 166 valence electrons. The SMILES string of the molecule is FC(F)(F)c1cc(NC(=S)N(CCN2CCOCC2)CC2CC=CCC2)ccc1Cl. The Bertz CT molecular complexity index is 754. The summed E-state index contributed by atoms with van der Waals surface area (Å²) in [7, 11) is 0. The number of allylic oxidation sites excluding steroid dienone is 2. The van der Waals surface area contributed by atoms with Gasteiger partial charge in [0.1, 0.15) is 0 Å². The summed E-state index contributed by atoms with van der Waals surface area (Å²) in [5.74, 6) is 0.482. The van der Waals surface area contributed by atoms with Crippen LogP contribution in [0.1, 0.15) is 24.8 Å². The van der Waals surface area contributed by atoms with E-state index < -0.39 is 11.7 Å². The van der Waals surface area contributed by atoms with Crippen LogP contribution in [-0.2, 0) is 10.9 Å². The van der Waals surface area contributed by atoms with Gasteiger partial charge in [-0.1, -0.05) is 23.8 Å². The van der Waals surface area contributed by atoms with Gasteiger partial charge in [-0.05, 0) is 55.6 Å². The number of thiocarbonyl (C=S) groups is 1. The van der Waals surface area contributed by atoms with Crippen LogP contribution in [0.4, 0.5) is 18.9 Å². The fourth-order valence-electron chi connectivity index (χ4n) is 3.72. The van der Waals surface area contributed by atoms with Crippen molar-refractivity contribution in [3.05, 3.63) is 40.9 Å². The average molecular weight is 462 g/mol. The molecule has 0 bridgehead atoms. The zero-order valence-electron chi connectivity index (χ0n) is 16.8. The van der Waals surface area contributed by atoms with Crippen LogP contribution in [-0.4, -0.2) is 60.8 Å². The van der Waals surface area contributed by atoms with Gasteiger partial charge in [-0.25, -0.2) is 0 Å². The number of rotatable bonds is 6. The summed E-state index contributed by atoms with van der Waals surface area (Å²) >= 11 is 11.3. The Morgan fingerprint density at radius 1 is 1.27 bits per heavy atom. The Kier molecular flexibility index (Phi) is 8.39. The third kappa shape index (κ3) is 6.83. The molecule has 4 nitrogen and oxygen atoms in total. The smallest absolute Gasteiger partial charge is 0.379 e. The minimum absolute atomic E-state index is 0.289. The second kappa shape index (κ2) is 10.8. The zero-order valence-corrected chi connectivity index (χ0v) is 18.3. The average Bonchev–Trinajstić information content (AvgIpc) is 2.73. The van der Waals surface area contributed by atoms with Crippen molar-refractivity contribution in [1.82, 2.24) is 9.80 Å². The van der Waals surface area contributed by atoms with Crippen LogP contribution in [0.3, 0.4) is 0 Å². The number of hydrogen-bond donors (Lipinski definition) is 1. The maximum absolute atomic E-state index is 13.2. The van der Waals surface area contributed by atoms with Gasteiger partial charge in [-0.3, -0.25) is 4.90 Å². The van der Waals surface area contributed by atoms with Gasteiger partial charge in [-0.2, -0.15) is 13.2 Å². The maximum atomic E-state index is 13.2. The highest BCUT2D eigenvalue weighted by Gasteiger charge is 2.33. The van der Waals surface area contributed by atoms with Crippen molar-refractivity contribution in [2.75, 3.05) is 51.3 Å². The predicted octanol–water partition coefficient (Wildman–Crippen LogP) is 5.05. The topological polar surface area (TPSA) is 27.7 Å². The first-order valence-corrected chi connectivity index (χ1v) is 11.0. The van der Waals surface area contributed by atoms with Crippen LogP contribution in [0.2, 0.25) is 5.02 Å². The van der Waals surface area contributed by atoms with E-state index in [1.165, 1.54) is 12.1 Å². The highest BCUT2D eigenvalue weighted by atomic mass is 35.5. The van der Waals surface area contributed by atoms with Gasteiger partial charge in [0.2, 0.25) is 0 Å². The van der Waals surface area contributed by atoms with Crippen LogP contribution in [0.25, 0.3) is 0 Å². The summed E-state index contributed by atoms with van der Waals surface area (Å²) < 4.78 is 44.9. The third-order valence-corrected chi connectivity index (χ3v) is 6.15. The number of nitrogens with one attached hydrogen (secondary N) is 1. The molecule has 1 atom stereocenters. The van der Waals surface area contributed by atoms with Crippen LogP contribution in [0.5, 0.6) is 0 Å². The van der Waals surface area contributed by atoms with Gasteiger partial charge in [0.15, 0.2) is 5.11 Å². The lowest BCUT2D eigenvalue weighted by Gasteiger charge is -2.34. The molecule has 3 rings (SSSR count). The number of anilines is 1. The lowest BCUT2D eigenvalue weighted by Crippen LogP contribution is -2.45. The van der Waals surface area contributed by atoms with E-state index in [0.717, 1.165) is 64.7 Å². The standard InChI is InChI=1S/C21H27ClF3N3OS/c22-19-7-6-17(14-18(19)21(23,24)25)26-20(30)28(15-16-4-2-1-3-5-16)9-8-27-10-12-29-13-11-27/h1-2,6-7,14,16H,3-5,8-13,15H2,(H,26,30). The quantitative estimate of drug-likeness (QED) is 0.473. The highest BCUT2D eigenvalue weighted by molar-refractivity contribution is 7.80. The Labute approximate surface area is 186 Å². The summed E-state index contributed by atoms with van der Waals surface area (Å²) in [5, 5.41) is 3.11. The van der Waals surface area contributed by atoms with E-state index in [-0.39, 0.29) is 10.7 Å². The van der Waals surface area contributed by atoms with Crippen molar-refractivity contribution in [2.24, 2.45) is 5.92 Å². The Hall–Kier alpha value is -1.35. The molecule has 1 aromatic carbocycles. The first-order valence-electron chi connectivity index (χ1n) is 10.2. The predicted molar refractivity (Wildman–Crippen MR) is 118 cm³/mol. The monoisotopic (exact) mass is 461 g/mol. The molecule has 0 radical (unpaired) electrons. The van der Waals surface area contributed by atoms with Crippen molar-refractivity contribution in [2.45, 2.75) is 25.4 Å². The lowest BCUT2D eigenvalue weighted by molar-refractivity contribution is -0.137. The molecule has 9 heteroatoms. The van der Waals surface area contributed by atoms with Gasteiger partial charge >= 0.3 is 6.18 Å². The van der Waals surface area contributed by atoms with Crippen molar-refractivity contribution in [1.29, 1.82) is 0 Å². The second-order valence-corrected chi connectivity index (χ2v) is 8.47. The van der Waals surface area contributed by atoms with Crippen LogP contribution in [0.15, 0.2) is 30.4 Å². The molecular weight excluding hydrogens is 435 g/mol. The fraction of sp³-hybridized carbons (Fsp3) is 0.571. The molecule has 1 heterocycles. The third-order valence-electron chi connectivity index (χ3n) is 5.46. The number of hydrogen-bond acceptors (Lipinski definition) is 3. The minimum Gasteiger partial charge on any atom is -0.379 e. The molecule has 0 spiro atoms. The van der Waals surface area contributed by atoms with Gasteiger partial charge in [-0.15, -0.1) is 0 Å². The normalized spacial score (nSPS) is 20.2. The van der Waals surface area contributed by atoms with Gasteiger partial charge in [0, 0.05) is 38.4 Å². The van der Waals surface area contributed by atoms with E-state index in [9.17, 15) is 13.2 Å². The molecule has 1 aromatic rings. The Morgan fingerprint density at radius 2 is 2.03 bits per heavy atom. The molecule has 2 aliphatic rings. The number of benzene rings is 1. The number of ether oxygens (including phenoxy) is 1. The number of nitrogens with zero attached hydrogens (tertiary/aromatic N) is 2. The Morgan fingerprint density at radius 3 is 2.70 bits per heavy atom. The zero-order chi connectivity index (χ0) is 21.6. The molecule has 1 saturated heterocycles. The van der Waals surface area contributed by atoms with Crippen LogP contribution >= 0.6 is 23.8 Å². The maximum Gasteiger partial charge on any atom is 0.417 e. The first kappa shape index (κ1) is 23.3. The first-order chi connectivity index (χ1) is 14.3. The van der Waals surface area contributed by atoms with E-state index in [2.05, 4.69) is 27.3 Å². The number of alkyl halides is 3. The van der Waals surface area contributed by atoms with E-state index in [1.54, 1.807) is 0 Å². The molecule has 1 N–H and O–H groups in total. The second-order valence-electron chi connectivity index (χ2n) is 7.67. The van der Waals surface area contributed by atoms with Crippen molar-refractivity contribution < 1.29 is 17.9 Å². The molecule has 0 saturated carbocycles. The lowest BCUT2D eigenvalue weighted by atomic mass is 9.94. The van der Waals surface area contributed by atoms with Crippen LogP contribution < -0.4 is 5.32 Å². The van der Waals surface area contributed by atoms with E-state index in [0.29, 0.717) is 17.6 Å². The van der Waals surface area contributed by atoms with Crippen LogP contribution in [0, 0.1) is 5.92 Å². The van der Waals surface area contributed by atoms with E-state index in [4.69, 9.17) is 28.6 Å². The van der Waals surface area contributed by atoms with Crippen molar-refractivity contribution in [3.8, 4) is 0 Å². The minimum atomic E-state index is -4.51. The summed E-state index contributed by atoms with van der Waals surface area (Å²) in [5.41, 5.74) is -0.578. The summed E-state index contributed by atoms with van der Waals surface area (Å²) in [4.78, 5) is 4.40. The highest BCUT2D eigenvalue weighted by Crippen LogP contribution is 2.36. The molecule has 1 fully saturated rings. The number of halogens is 4. The molecule has 0 aromatic heterocycles. The molecule has 30 heavy (non-hydrogen) atoms. The van der Waals surface area contributed by atoms with Crippen molar-refractivity contribution >= 4 is 34.6 Å². The molecule has 1 unspecified atom stereocenters. The van der Waals surface area contributed by atoms with E-state index in [1.807, 2.05) is 0 Å². The largest absolute Gasteiger partial charge is 0.417 e. The summed E-state index contributed by atoms with van der Waals surface area (Å²) in [6, 6.07) is 3.78. The van der Waals surface area contributed by atoms with Gasteiger partial charge in [0.05, 0.1) is 23.8 Å². The van der Waals surface area contributed by atoms with Crippen molar-refractivity contribution in [3.63, 3.8) is 0 Å². The molecular formula is C21H27ClF3N3OS. The molecule has 1 aliphatic heterocycles. The summed E-state index contributed by atoms with van der Waals surface area (Å²) in [6.07, 6.45) is 3.01. The fourth-order valence-corrected chi connectivity index (χ4v) is 4.23. The molecule has 1 aliphatic carbocycles. The molecule has 0 amide bonds. The Balaban J connectivity index is 1.67. The van der Waals surface area contributed by atoms with Gasteiger partial charge < -0.3 is 15.0 Å². The van der Waals surface area contributed by atoms with Gasteiger partial charge in [0.25, 0.3) is 0 Å². The number of morpholine rings is 1.